The van der Waals surface area contributed by atoms with Gasteiger partial charge in [0.1, 0.15) is 0 Å². The second kappa shape index (κ2) is 13.8. The minimum absolute atomic E-state index is 0.0400. The number of carbonyl (C=O) groups excluding carboxylic acids is 2. The average Bonchev–Trinajstić information content (AvgIpc) is 3.05. The number of hydrogen-bond acceptors (Lipinski definition) is 3. The van der Waals surface area contributed by atoms with Crippen molar-refractivity contribution >= 4 is 23.2 Å². The zero-order valence-electron chi connectivity index (χ0n) is 24.6. The molecule has 2 N–H and O–H groups in total. The van der Waals surface area contributed by atoms with E-state index in [-0.39, 0.29) is 34.4 Å². The van der Waals surface area contributed by atoms with E-state index in [0.717, 1.165) is 49.7 Å². The maximum absolute atomic E-state index is 13.7. The summed E-state index contributed by atoms with van der Waals surface area (Å²) in [7, 11) is 0. The first-order valence-corrected chi connectivity index (χ1v) is 15.0. The van der Waals surface area contributed by atoms with Gasteiger partial charge >= 0.3 is 6.18 Å². The van der Waals surface area contributed by atoms with Gasteiger partial charge in [0, 0.05) is 36.6 Å². The molecule has 1 saturated heterocycles. The van der Waals surface area contributed by atoms with Crippen molar-refractivity contribution in [3.63, 3.8) is 0 Å². The average molecular weight is 600 g/mol. The molecule has 1 heterocycles. The number of piperidine rings is 1. The SMILES string of the molecule is CCCNC(=O)C(c1ccccc1)C1CCN(c2ccc(NC(=O)c3ccccc3-c3ccccc3C(F)(F)F)cc2)CC1. The number of halogens is 3. The van der Waals surface area contributed by atoms with Crippen molar-refractivity contribution in [2.45, 2.75) is 38.3 Å². The maximum atomic E-state index is 13.7. The van der Waals surface area contributed by atoms with Crippen molar-refractivity contribution in [1.29, 1.82) is 0 Å². The molecule has 1 unspecified atom stereocenters. The molecule has 0 aliphatic carbocycles. The molecule has 5 rings (SSSR count). The number of benzene rings is 4. The highest BCUT2D eigenvalue weighted by atomic mass is 19.4. The fourth-order valence-corrected chi connectivity index (χ4v) is 5.98. The lowest BCUT2D eigenvalue weighted by Gasteiger charge is -2.37. The van der Waals surface area contributed by atoms with E-state index in [1.807, 2.05) is 49.4 Å². The topological polar surface area (TPSA) is 61.4 Å². The quantitative estimate of drug-likeness (QED) is 0.204. The van der Waals surface area contributed by atoms with Crippen molar-refractivity contribution < 1.29 is 22.8 Å². The van der Waals surface area contributed by atoms with Crippen LogP contribution in [0.15, 0.2) is 103 Å². The van der Waals surface area contributed by atoms with E-state index in [0.29, 0.717) is 12.2 Å². The highest BCUT2D eigenvalue weighted by Crippen LogP contribution is 2.38. The van der Waals surface area contributed by atoms with Gasteiger partial charge in [0.25, 0.3) is 5.91 Å². The van der Waals surface area contributed by atoms with Crippen LogP contribution in [-0.2, 0) is 11.0 Å². The number of nitrogens with one attached hydrogen (secondary N) is 2. The van der Waals surface area contributed by atoms with Crippen LogP contribution in [-0.4, -0.2) is 31.4 Å². The highest BCUT2D eigenvalue weighted by molar-refractivity contribution is 6.09. The lowest BCUT2D eigenvalue weighted by Crippen LogP contribution is -2.40. The van der Waals surface area contributed by atoms with Gasteiger partial charge in [-0.2, -0.15) is 13.2 Å². The molecule has 0 saturated carbocycles. The van der Waals surface area contributed by atoms with Crippen LogP contribution in [0.1, 0.15) is 53.6 Å². The number of anilines is 2. The van der Waals surface area contributed by atoms with Gasteiger partial charge in [0.15, 0.2) is 0 Å². The summed E-state index contributed by atoms with van der Waals surface area (Å²) in [5.41, 5.74) is 2.15. The standard InChI is InChI=1S/C36H36F3N3O2/c1-2-22-40-35(44)33(25-10-4-3-5-11-25)26-20-23-42(24-21-26)28-18-16-27(17-19-28)41-34(43)31-14-7-6-12-29(31)30-13-8-9-15-32(30)36(37,38)39/h3-19,26,33H,2,20-24H2,1H3,(H,40,44)(H,41,43). The predicted molar refractivity (Wildman–Crippen MR) is 169 cm³/mol. The Morgan fingerprint density at radius 3 is 2.09 bits per heavy atom. The van der Waals surface area contributed by atoms with E-state index in [4.69, 9.17) is 0 Å². The molecule has 0 spiro atoms. The van der Waals surface area contributed by atoms with Crippen molar-refractivity contribution in [3.8, 4) is 11.1 Å². The summed E-state index contributed by atoms with van der Waals surface area (Å²) in [6.07, 6.45) is -1.92. The van der Waals surface area contributed by atoms with E-state index in [1.165, 1.54) is 30.3 Å². The molecule has 1 fully saturated rings. The molecule has 0 radical (unpaired) electrons. The van der Waals surface area contributed by atoms with Crippen LogP contribution in [0.5, 0.6) is 0 Å². The summed E-state index contributed by atoms with van der Waals surface area (Å²) < 4.78 is 41.1. The monoisotopic (exact) mass is 599 g/mol. The Balaban J connectivity index is 1.25. The van der Waals surface area contributed by atoms with Crippen LogP contribution in [0.4, 0.5) is 24.5 Å². The van der Waals surface area contributed by atoms with Crippen LogP contribution >= 0.6 is 0 Å². The predicted octanol–water partition coefficient (Wildman–Crippen LogP) is 8.15. The molecule has 8 heteroatoms. The second-order valence-electron chi connectivity index (χ2n) is 11.1. The van der Waals surface area contributed by atoms with Gasteiger partial charge in [-0.1, -0.05) is 73.7 Å². The van der Waals surface area contributed by atoms with Gasteiger partial charge in [-0.15, -0.1) is 0 Å². The number of hydrogen-bond donors (Lipinski definition) is 2. The number of amides is 2. The molecular formula is C36H36F3N3O2. The minimum Gasteiger partial charge on any atom is -0.372 e. The molecule has 44 heavy (non-hydrogen) atoms. The molecule has 2 amide bonds. The van der Waals surface area contributed by atoms with E-state index in [1.54, 1.807) is 24.3 Å². The van der Waals surface area contributed by atoms with E-state index in [2.05, 4.69) is 15.5 Å². The molecule has 228 valence electrons. The summed E-state index contributed by atoms with van der Waals surface area (Å²) in [6, 6.07) is 29.0. The zero-order chi connectivity index (χ0) is 31.1. The normalized spacial score (nSPS) is 14.6. The Kier molecular flexibility index (Phi) is 9.68. The first kappa shape index (κ1) is 30.9. The summed E-state index contributed by atoms with van der Waals surface area (Å²) in [4.78, 5) is 28.7. The molecule has 0 aromatic heterocycles. The van der Waals surface area contributed by atoms with Gasteiger partial charge in [-0.3, -0.25) is 9.59 Å². The molecule has 1 aliphatic heterocycles. The number of alkyl halides is 3. The Bertz CT molecular complexity index is 1560. The van der Waals surface area contributed by atoms with Gasteiger partial charge in [-0.25, -0.2) is 0 Å². The van der Waals surface area contributed by atoms with Gasteiger partial charge in [0.05, 0.1) is 11.5 Å². The third kappa shape index (κ3) is 7.13. The van der Waals surface area contributed by atoms with Gasteiger partial charge < -0.3 is 15.5 Å². The van der Waals surface area contributed by atoms with Crippen LogP contribution in [0.3, 0.4) is 0 Å². The molecule has 1 atom stereocenters. The van der Waals surface area contributed by atoms with E-state index in [9.17, 15) is 22.8 Å². The van der Waals surface area contributed by atoms with Gasteiger partial charge in [0.2, 0.25) is 5.91 Å². The highest BCUT2D eigenvalue weighted by Gasteiger charge is 2.34. The third-order valence-corrected chi connectivity index (χ3v) is 8.19. The van der Waals surface area contributed by atoms with Crippen LogP contribution in [0, 0.1) is 5.92 Å². The van der Waals surface area contributed by atoms with Crippen LogP contribution in [0.25, 0.3) is 11.1 Å². The Labute approximate surface area is 256 Å². The fourth-order valence-electron chi connectivity index (χ4n) is 5.98. The summed E-state index contributed by atoms with van der Waals surface area (Å²) in [5, 5.41) is 5.93. The Morgan fingerprint density at radius 2 is 1.43 bits per heavy atom. The van der Waals surface area contributed by atoms with Crippen molar-refractivity contribution in [3.05, 3.63) is 120 Å². The molecule has 5 nitrogen and oxygen atoms in total. The number of carbonyl (C=O) groups is 2. The second-order valence-corrected chi connectivity index (χ2v) is 11.1. The van der Waals surface area contributed by atoms with Crippen molar-refractivity contribution in [2.24, 2.45) is 5.92 Å². The molecule has 4 aromatic rings. The first-order valence-electron chi connectivity index (χ1n) is 15.0. The van der Waals surface area contributed by atoms with E-state index < -0.39 is 17.6 Å². The Morgan fingerprint density at radius 1 is 0.818 bits per heavy atom. The third-order valence-electron chi connectivity index (χ3n) is 8.19. The number of nitrogens with zero attached hydrogens (tertiary/aromatic N) is 1. The Hall–Kier alpha value is -4.59. The molecular weight excluding hydrogens is 563 g/mol. The summed E-state index contributed by atoms with van der Waals surface area (Å²) in [6.45, 7) is 4.31. The molecule has 0 bridgehead atoms. The van der Waals surface area contributed by atoms with Crippen LogP contribution in [0.2, 0.25) is 0 Å². The minimum atomic E-state index is -4.55. The van der Waals surface area contributed by atoms with Gasteiger partial charge in [-0.05, 0) is 78.3 Å². The first-order chi connectivity index (χ1) is 21.3. The summed E-state index contributed by atoms with van der Waals surface area (Å²) >= 11 is 0. The smallest absolute Gasteiger partial charge is 0.372 e. The molecule has 1 aliphatic rings. The lowest BCUT2D eigenvalue weighted by molar-refractivity contribution is -0.137. The van der Waals surface area contributed by atoms with Crippen molar-refractivity contribution in [1.82, 2.24) is 5.32 Å². The largest absolute Gasteiger partial charge is 0.417 e. The molecule has 4 aromatic carbocycles. The van der Waals surface area contributed by atoms with Crippen molar-refractivity contribution in [2.75, 3.05) is 29.9 Å². The lowest BCUT2D eigenvalue weighted by atomic mass is 9.79. The maximum Gasteiger partial charge on any atom is 0.417 e. The van der Waals surface area contributed by atoms with Crippen LogP contribution < -0.4 is 15.5 Å². The van der Waals surface area contributed by atoms with E-state index >= 15 is 0 Å². The number of rotatable bonds is 9. The zero-order valence-corrected chi connectivity index (χ0v) is 24.6. The summed E-state index contributed by atoms with van der Waals surface area (Å²) in [5.74, 6) is -0.361. The fraction of sp³-hybridized carbons (Fsp3) is 0.278.